The summed E-state index contributed by atoms with van der Waals surface area (Å²) in [7, 11) is 1.56. The summed E-state index contributed by atoms with van der Waals surface area (Å²) in [6.45, 7) is 8.45. The van der Waals surface area contributed by atoms with E-state index in [9.17, 15) is 4.79 Å². The predicted molar refractivity (Wildman–Crippen MR) is 128 cm³/mol. The summed E-state index contributed by atoms with van der Waals surface area (Å²) in [6.07, 6.45) is 8.01. The lowest BCUT2D eigenvalue weighted by Crippen LogP contribution is -2.39. The highest BCUT2D eigenvalue weighted by atomic mass is 16.5. The van der Waals surface area contributed by atoms with Gasteiger partial charge in [-0.3, -0.25) is 4.79 Å². The van der Waals surface area contributed by atoms with Crippen molar-refractivity contribution in [3.63, 3.8) is 0 Å². The number of rotatable bonds is 11. The minimum Gasteiger partial charge on any atom is -0.467 e. The van der Waals surface area contributed by atoms with E-state index >= 15 is 0 Å². The molecule has 1 saturated carbocycles. The number of methoxy groups -OCH3 is 1. The average Bonchev–Trinajstić information content (AvgIpc) is 2.81. The van der Waals surface area contributed by atoms with Crippen molar-refractivity contribution in [3.8, 4) is 6.01 Å². The highest BCUT2D eigenvalue weighted by Crippen LogP contribution is 2.36. The van der Waals surface area contributed by atoms with E-state index in [1.165, 1.54) is 37.8 Å². The molecule has 7 nitrogen and oxygen atoms in total. The molecule has 3 rings (SSSR count). The summed E-state index contributed by atoms with van der Waals surface area (Å²) in [6, 6.07) is 9.20. The van der Waals surface area contributed by atoms with Gasteiger partial charge in [-0.2, -0.15) is 4.98 Å². The summed E-state index contributed by atoms with van der Waals surface area (Å²) < 4.78 is 10.2. The van der Waals surface area contributed by atoms with Crippen molar-refractivity contribution >= 4 is 23.7 Å². The molecule has 0 bridgehead atoms. The molecule has 1 aliphatic carbocycles. The number of nitrogens with one attached hydrogen (secondary N) is 1. The van der Waals surface area contributed by atoms with E-state index in [0.29, 0.717) is 36.9 Å². The zero-order chi connectivity index (χ0) is 22.9. The molecule has 7 heteroatoms. The van der Waals surface area contributed by atoms with Crippen molar-refractivity contribution < 1.29 is 14.3 Å². The Hall–Kier alpha value is -2.83. The zero-order valence-electron chi connectivity index (χ0n) is 19.7. The first-order valence-electron chi connectivity index (χ1n) is 11.6. The van der Waals surface area contributed by atoms with Gasteiger partial charge in [0.05, 0.1) is 25.1 Å². The van der Waals surface area contributed by atoms with Crippen LogP contribution in [0, 0.1) is 5.92 Å². The van der Waals surface area contributed by atoms with Crippen molar-refractivity contribution in [3.05, 3.63) is 36.0 Å². The van der Waals surface area contributed by atoms with Gasteiger partial charge in [0.2, 0.25) is 0 Å². The molecule has 1 aliphatic rings. The van der Waals surface area contributed by atoms with Crippen molar-refractivity contribution in [2.45, 2.75) is 64.8 Å². The standard InChI is InChI=1S/C25H36N4O3/c1-18(2)15-29(21-8-6-5-7-9-21)23-11-10-20(19(3)16-32-17-30)14-22(23)27-24-12-13-26-25(28-24)31-4/h10-14,17-19,21H,5-9,15-16H2,1-4H3,(H,26,27,28). The number of hydrogen-bond donors (Lipinski definition) is 1. The van der Waals surface area contributed by atoms with E-state index in [1.807, 2.05) is 6.07 Å². The van der Waals surface area contributed by atoms with Crippen LogP contribution in [0.3, 0.4) is 0 Å². The minimum absolute atomic E-state index is 0.0861. The summed E-state index contributed by atoms with van der Waals surface area (Å²) >= 11 is 0. The second kappa shape index (κ2) is 11.7. The van der Waals surface area contributed by atoms with Crippen LogP contribution in [0.4, 0.5) is 17.2 Å². The van der Waals surface area contributed by atoms with Crippen LogP contribution in [-0.2, 0) is 9.53 Å². The Morgan fingerprint density at radius 2 is 1.97 bits per heavy atom. The molecular weight excluding hydrogens is 404 g/mol. The molecule has 2 aromatic rings. The quantitative estimate of drug-likeness (QED) is 0.475. The largest absolute Gasteiger partial charge is 0.467 e. The van der Waals surface area contributed by atoms with E-state index < -0.39 is 0 Å². The van der Waals surface area contributed by atoms with Crippen LogP contribution < -0.4 is 15.0 Å². The molecule has 1 atom stereocenters. The van der Waals surface area contributed by atoms with Gasteiger partial charge in [-0.15, -0.1) is 0 Å². The fraction of sp³-hybridized carbons (Fsp3) is 0.560. The van der Waals surface area contributed by atoms with Gasteiger partial charge in [-0.05, 0) is 42.5 Å². The summed E-state index contributed by atoms with van der Waals surface area (Å²) in [5, 5.41) is 3.51. The Bertz CT molecular complexity index is 868. The first-order chi connectivity index (χ1) is 15.5. The number of anilines is 3. The number of aromatic nitrogens is 2. The van der Waals surface area contributed by atoms with Crippen LogP contribution in [0.25, 0.3) is 0 Å². The summed E-state index contributed by atoms with van der Waals surface area (Å²) in [4.78, 5) is 21.8. The third-order valence-corrected chi connectivity index (χ3v) is 5.97. The van der Waals surface area contributed by atoms with E-state index in [2.05, 4.69) is 59.2 Å². The lowest BCUT2D eigenvalue weighted by Gasteiger charge is -2.38. The SMILES string of the molecule is COc1nccc(Nc2cc(C(C)COC=O)ccc2N(CC(C)C)C2CCCCC2)n1. The van der Waals surface area contributed by atoms with E-state index in [-0.39, 0.29) is 5.92 Å². The molecule has 0 amide bonds. The van der Waals surface area contributed by atoms with Crippen LogP contribution in [0.5, 0.6) is 6.01 Å². The predicted octanol–water partition coefficient (Wildman–Crippen LogP) is 5.30. The molecule has 1 fully saturated rings. The normalized spacial score (nSPS) is 15.3. The number of hydrogen-bond acceptors (Lipinski definition) is 7. The molecule has 0 radical (unpaired) electrons. The topological polar surface area (TPSA) is 76.6 Å². The van der Waals surface area contributed by atoms with Crippen molar-refractivity contribution in [2.75, 3.05) is 30.5 Å². The highest BCUT2D eigenvalue weighted by molar-refractivity contribution is 5.75. The van der Waals surface area contributed by atoms with E-state index in [1.54, 1.807) is 13.3 Å². The Kier molecular flexibility index (Phi) is 8.71. The Labute approximate surface area is 191 Å². The molecule has 32 heavy (non-hydrogen) atoms. The monoisotopic (exact) mass is 440 g/mol. The first-order valence-corrected chi connectivity index (χ1v) is 11.6. The molecule has 174 valence electrons. The number of benzene rings is 1. The van der Waals surface area contributed by atoms with Gasteiger partial charge in [-0.25, -0.2) is 4.98 Å². The molecule has 1 unspecified atom stereocenters. The van der Waals surface area contributed by atoms with Gasteiger partial charge in [0.25, 0.3) is 6.47 Å². The molecule has 0 spiro atoms. The second-order valence-corrected chi connectivity index (χ2v) is 9.00. The fourth-order valence-electron chi connectivity index (χ4n) is 4.37. The lowest BCUT2D eigenvalue weighted by molar-refractivity contribution is -0.129. The maximum Gasteiger partial charge on any atom is 0.318 e. The maximum atomic E-state index is 10.7. The van der Waals surface area contributed by atoms with Gasteiger partial charge in [0.15, 0.2) is 0 Å². The van der Waals surface area contributed by atoms with Gasteiger partial charge in [0.1, 0.15) is 5.82 Å². The van der Waals surface area contributed by atoms with Crippen LogP contribution in [-0.4, -0.2) is 42.7 Å². The third-order valence-electron chi connectivity index (χ3n) is 5.97. The van der Waals surface area contributed by atoms with Gasteiger partial charge < -0.3 is 19.7 Å². The zero-order valence-corrected chi connectivity index (χ0v) is 19.7. The number of ether oxygens (including phenoxy) is 2. The third kappa shape index (κ3) is 6.34. The van der Waals surface area contributed by atoms with Crippen LogP contribution in [0.15, 0.2) is 30.5 Å². The number of carbonyl (C=O) groups excluding carboxylic acids is 1. The van der Waals surface area contributed by atoms with Gasteiger partial charge in [-0.1, -0.05) is 46.1 Å². The molecule has 0 aliphatic heterocycles. The van der Waals surface area contributed by atoms with Crippen molar-refractivity contribution in [1.29, 1.82) is 0 Å². The van der Waals surface area contributed by atoms with Crippen LogP contribution in [0.2, 0.25) is 0 Å². The molecule has 1 heterocycles. The van der Waals surface area contributed by atoms with Crippen LogP contribution in [0.1, 0.15) is 64.4 Å². The first kappa shape index (κ1) is 23.8. The minimum atomic E-state index is 0.0861. The molecule has 1 aromatic heterocycles. The maximum absolute atomic E-state index is 10.7. The fourth-order valence-corrected chi connectivity index (χ4v) is 4.37. The highest BCUT2D eigenvalue weighted by Gasteiger charge is 2.25. The molecule has 1 N–H and O–H groups in total. The van der Waals surface area contributed by atoms with Gasteiger partial charge in [0, 0.05) is 24.7 Å². The van der Waals surface area contributed by atoms with E-state index in [0.717, 1.165) is 17.8 Å². The Morgan fingerprint density at radius 1 is 1.19 bits per heavy atom. The number of carbonyl (C=O) groups is 1. The smallest absolute Gasteiger partial charge is 0.318 e. The summed E-state index contributed by atoms with van der Waals surface area (Å²) in [5.74, 6) is 1.31. The Morgan fingerprint density at radius 3 is 2.66 bits per heavy atom. The van der Waals surface area contributed by atoms with Crippen molar-refractivity contribution in [2.24, 2.45) is 5.92 Å². The number of nitrogens with zero attached hydrogens (tertiary/aromatic N) is 3. The average molecular weight is 441 g/mol. The van der Waals surface area contributed by atoms with Crippen molar-refractivity contribution in [1.82, 2.24) is 9.97 Å². The van der Waals surface area contributed by atoms with Crippen LogP contribution >= 0.6 is 0 Å². The molecule has 1 aromatic carbocycles. The summed E-state index contributed by atoms with van der Waals surface area (Å²) in [5.41, 5.74) is 3.27. The molecular formula is C25H36N4O3. The second-order valence-electron chi connectivity index (χ2n) is 9.00. The van der Waals surface area contributed by atoms with Gasteiger partial charge >= 0.3 is 6.01 Å². The van der Waals surface area contributed by atoms with E-state index in [4.69, 9.17) is 9.47 Å². The molecule has 0 saturated heterocycles. The lowest BCUT2D eigenvalue weighted by atomic mass is 9.92. The Balaban J connectivity index is 2.00.